The fraction of sp³-hybridized carbons (Fsp3) is 0.800. The van der Waals surface area contributed by atoms with Gasteiger partial charge in [0.25, 0.3) is 0 Å². The number of hydrogen-bond donors (Lipinski definition) is 0. The first-order valence-corrected chi connectivity index (χ1v) is 4.75. The van der Waals surface area contributed by atoms with Crippen molar-refractivity contribution in [2.45, 2.75) is 26.7 Å². The highest BCUT2D eigenvalue weighted by molar-refractivity contribution is 4.84. The zero-order valence-electron chi connectivity index (χ0n) is 8.18. The molecule has 1 heterocycles. The molecule has 2 nitrogen and oxygen atoms in total. The van der Waals surface area contributed by atoms with Gasteiger partial charge in [0.2, 0.25) is 0 Å². The van der Waals surface area contributed by atoms with E-state index in [2.05, 4.69) is 20.4 Å². The van der Waals surface area contributed by atoms with Crippen molar-refractivity contribution in [3.05, 3.63) is 12.7 Å². The molecule has 0 aromatic rings. The highest BCUT2D eigenvalue weighted by Gasteiger charge is 2.35. The Labute approximate surface area is 75.2 Å². The van der Waals surface area contributed by atoms with Crippen LogP contribution in [0.2, 0.25) is 0 Å². The van der Waals surface area contributed by atoms with E-state index in [1.54, 1.807) is 0 Å². The number of hydrogen-bond acceptors (Lipinski definition) is 2. The molecule has 0 N–H and O–H groups in total. The van der Waals surface area contributed by atoms with Crippen LogP contribution in [0.3, 0.4) is 0 Å². The van der Waals surface area contributed by atoms with Crippen molar-refractivity contribution >= 4 is 0 Å². The fourth-order valence-electron chi connectivity index (χ4n) is 1.63. The van der Waals surface area contributed by atoms with Crippen LogP contribution in [0.1, 0.15) is 26.7 Å². The summed E-state index contributed by atoms with van der Waals surface area (Å²) < 4.78 is 0. The van der Waals surface area contributed by atoms with Crippen LogP contribution in [0, 0.1) is 5.41 Å². The Bertz CT molecular complexity index is 152. The minimum absolute atomic E-state index is 0.406. The van der Waals surface area contributed by atoms with Gasteiger partial charge in [-0.15, -0.1) is 6.58 Å². The Hall–Kier alpha value is -0.340. The molecule has 0 atom stereocenters. The zero-order chi connectivity index (χ0) is 9.03. The molecule has 0 amide bonds. The van der Waals surface area contributed by atoms with E-state index < -0.39 is 0 Å². The van der Waals surface area contributed by atoms with Gasteiger partial charge in [0, 0.05) is 18.5 Å². The summed E-state index contributed by atoms with van der Waals surface area (Å²) in [4.78, 5) is 5.55. The molecule has 0 aliphatic carbocycles. The molecule has 2 heteroatoms. The maximum atomic E-state index is 5.55. The SMILES string of the molecule is C=CCN1CC(CC)(CC)CO1. The summed E-state index contributed by atoms with van der Waals surface area (Å²) in [5, 5.41) is 2.01. The van der Waals surface area contributed by atoms with Gasteiger partial charge in [-0.25, -0.2) is 0 Å². The van der Waals surface area contributed by atoms with Crippen LogP contribution >= 0.6 is 0 Å². The van der Waals surface area contributed by atoms with Gasteiger partial charge in [0.1, 0.15) is 0 Å². The molecule has 0 aromatic heterocycles. The lowest BCUT2D eigenvalue weighted by Gasteiger charge is -2.22. The van der Waals surface area contributed by atoms with Gasteiger partial charge >= 0.3 is 0 Å². The van der Waals surface area contributed by atoms with Crippen molar-refractivity contribution < 1.29 is 4.84 Å². The van der Waals surface area contributed by atoms with Gasteiger partial charge in [0.15, 0.2) is 0 Å². The fourth-order valence-corrected chi connectivity index (χ4v) is 1.63. The van der Waals surface area contributed by atoms with Gasteiger partial charge in [-0.05, 0) is 12.8 Å². The molecule has 0 saturated carbocycles. The lowest BCUT2D eigenvalue weighted by Crippen LogP contribution is -2.27. The molecule has 1 aliphatic rings. The van der Waals surface area contributed by atoms with Crippen LogP contribution in [-0.4, -0.2) is 24.8 Å². The van der Waals surface area contributed by atoms with Gasteiger partial charge in [0.05, 0.1) is 6.61 Å². The lowest BCUT2D eigenvalue weighted by molar-refractivity contribution is -0.101. The second-order valence-electron chi connectivity index (χ2n) is 3.59. The molecule has 1 rings (SSSR count). The van der Waals surface area contributed by atoms with Crippen molar-refractivity contribution in [1.82, 2.24) is 5.06 Å². The van der Waals surface area contributed by atoms with Crippen LogP contribution in [0.15, 0.2) is 12.7 Å². The maximum Gasteiger partial charge on any atom is 0.0754 e. The van der Waals surface area contributed by atoms with E-state index in [4.69, 9.17) is 4.84 Å². The molecule has 0 bridgehead atoms. The number of rotatable bonds is 4. The first-order chi connectivity index (χ1) is 5.76. The standard InChI is InChI=1S/C10H19NO/c1-4-7-11-8-10(5-2,6-3)9-12-11/h4H,1,5-9H2,2-3H3. The predicted molar refractivity (Wildman–Crippen MR) is 50.7 cm³/mol. The second kappa shape index (κ2) is 4.06. The molecule has 0 aromatic carbocycles. The molecule has 70 valence electrons. The van der Waals surface area contributed by atoms with Gasteiger partial charge in [-0.1, -0.05) is 19.9 Å². The van der Waals surface area contributed by atoms with Crippen molar-refractivity contribution in [2.24, 2.45) is 5.41 Å². The third-order valence-electron chi connectivity index (χ3n) is 2.90. The smallest absolute Gasteiger partial charge is 0.0754 e. The number of nitrogens with zero attached hydrogens (tertiary/aromatic N) is 1. The molecule has 0 radical (unpaired) electrons. The summed E-state index contributed by atoms with van der Waals surface area (Å²) in [7, 11) is 0. The van der Waals surface area contributed by atoms with Gasteiger partial charge in [-0.2, -0.15) is 5.06 Å². The highest BCUT2D eigenvalue weighted by atomic mass is 16.7. The summed E-state index contributed by atoms with van der Waals surface area (Å²) in [6.07, 6.45) is 4.30. The Morgan fingerprint density at radius 3 is 2.58 bits per heavy atom. The maximum absolute atomic E-state index is 5.55. The highest BCUT2D eigenvalue weighted by Crippen LogP contribution is 2.33. The molecular weight excluding hydrogens is 150 g/mol. The van der Waals surface area contributed by atoms with Crippen molar-refractivity contribution in [3.8, 4) is 0 Å². The molecular formula is C10H19NO. The van der Waals surface area contributed by atoms with E-state index in [0.717, 1.165) is 19.7 Å². The first kappa shape index (κ1) is 9.75. The second-order valence-corrected chi connectivity index (χ2v) is 3.59. The summed E-state index contributed by atoms with van der Waals surface area (Å²) in [5.41, 5.74) is 0.406. The Kier molecular flexibility index (Phi) is 3.29. The topological polar surface area (TPSA) is 12.5 Å². The molecule has 1 fully saturated rings. The van der Waals surface area contributed by atoms with E-state index in [1.807, 2.05) is 11.1 Å². The van der Waals surface area contributed by atoms with Gasteiger partial charge < -0.3 is 0 Å². The summed E-state index contributed by atoms with van der Waals surface area (Å²) in [6, 6.07) is 0. The average molecular weight is 169 g/mol. The monoisotopic (exact) mass is 169 g/mol. The largest absolute Gasteiger partial charge is 0.298 e. The molecule has 0 spiro atoms. The molecule has 12 heavy (non-hydrogen) atoms. The third kappa shape index (κ3) is 1.87. The van der Waals surface area contributed by atoms with Crippen molar-refractivity contribution in [2.75, 3.05) is 19.7 Å². The quantitative estimate of drug-likeness (QED) is 0.598. The van der Waals surface area contributed by atoms with Crippen LogP contribution < -0.4 is 0 Å². The Morgan fingerprint density at radius 1 is 1.50 bits per heavy atom. The zero-order valence-corrected chi connectivity index (χ0v) is 8.18. The van der Waals surface area contributed by atoms with E-state index >= 15 is 0 Å². The third-order valence-corrected chi connectivity index (χ3v) is 2.90. The van der Waals surface area contributed by atoms with E-state index in [0.29, 0.717) is 5.41 Å². The summed E-state index contributed by atoms with van der Waals surface area (Å²) in [5.74, 6) is 0. The van der Waals surface area contributed by atoms with E-state index in [1.165, 1.54) is 12.8 Å². The number of hydroxylamine groups is 2. The summed E-state index contributed by atoms with van der Waals surface area (Å²) >= 11 is 0. The Morgan fingerprint density at radius 2 is 2.17 bits per heavy atom. The first-order valence-electron chi connectivity index (χ1n) is 4.75. The molecule has 1 saturated heterocycles. The van der Waals surface area contributed by atoms with E-state index in [-0.39, 0.29) is 0 Å². The minimum atomic E-state index is 0.406. The van der Waals surface area contributed by atoms with Crippen molar-refractivity contribution in [3.63, 3.8) is 0 Å². The lowest BCUT2D eigenvalue weighted by atomic mass is 9.84. The normalized spacial score (nSPS) is 22.8. The van der Waals surface area contributed by atoms with Gasteiger partial charge in [-0.3, -0.25) is 4.84 Å². The predicted octanol–water partition coefficient (Wildman–Crippen LogP) is 2.23. The minimum Gasteiger partial charge on any atom is -0.298 e. The van der Waals surface area contributed by atoms with Crippen molar-refractivity contribution in [1.29, 1.82) is 0 Å². The van der Waals surface area contributed by atoms with Crippen LogP contribution in [0.4, 0.5) is 0 Å². The van der Waals surface area contributed by atoms with Crippen LogP contribution in [-0.2, 0) is 4.84 Å². The molecule has 1 aliphatic heterocycles. The van der Waals surface area contributed by atoms with Crippen LogP contribution in [0.25, 0.3) is 0 Å². The summed E-state index contributed by atoms with van der Waals surface area (Å²) in [6.45, 7) is 11.0. The average Bonchev–Trinajstić information content (AvgIpc) is 2.50. The van der Waals surface area contributed by atoms with E-state index in [9.17, 15) is 0 Å². The Balaban J connectivity index is 2.46. The van der Waals surface area contributed by atoms with Crippen LogP contribution in [0.5, 0.6) is 0 Å². The molecule has 0 unspecified atom stereocenters.